The summed E-state index contributed by atoms with van der Waals surface area (Å²) in [4.78, 5) is 26.6. The SMILES string of the molecule is CC[C@H](C)NC(=O)[C@H]1CSCN1C(=O)C=C1CCC(C)CC1. The summed E-state index contributed by atoms with van der Waals surface area (Å²) in [6.45, 7) is 6.31. The molecule has 0 aromatic rings. The Bertz CT molecular complexity index is 440. The van der Waals surface area contributed by atoms with E-state index >= 15 is 0 Å². The summed E-state index contributed by atoms with van der Waals surface area (Å²) in [6.07, 6.45) is 7.09. The monoisotopic (exact) mass is 324 g/mol. The Morgan fingerprint density at radius 3 is 2.73 bits per heavy atom. The fourth-order valence-corrected chi connectivity index (χ4v) is 4.02. The van der Waals surface area contributed by atoms with Gasteiger partial charge in [0.05, 0.1) is 5.88 Å². The number of carbonyl (C=O) groups excluding carboxylic acids is 2. The van der Waals surface area contributed by atoms with Crippen molar-refractivity contribution in [1.82, 2.24) is 10.2 Å². The highest BCUT2D eigenvalue weighted by Crippen LogP contribution is 2.28. The Labute approximate surface area is 138 Å². The highest BCUT2D eigenvalue weighted by Gasteiger charge is 2.34. The van der Waals surface area contributed by atoms with E-state index in [-0.39, 0.29) is 23.9 Å². The molecule has 1 aliphatic carbocycles. The standard InChI is InChI=1S/C17H28N2O2S/c1-4-13(3)18-17(21)15-10-22-11-19(15)16(20)9-14-7-5-12(2)6-8-14/h9,12-13,15H,4-8,10-11H2,1-3H3,(H,18,21)/t12?,13-,15+/m0/s1. The first-order valence-electron chi connectivity index (χ1n) is 8.39. The Balaban J connectivity index is 1.96. The lowest BCUT2D eigenvalue weighted by Crippen LogP contribution is -2.49. The molecule has 4 nitrogen and oxygen atoms in total. The molecule has 0 unspecified atom stereocenters. The van der Waals surface area contributed by atoms with E-state index < -0.39 is 0 Å². The molecule has 5 heteroatoms. The Kier molecular flexibility index (Phi) is 6.36. The normalized spacial score (nSPS) is 26.7. The van der Waals surface area contributed by atoms with Crippen molar-refractivity contribution in [2.45, 2.75) is 65.0 Å². The molecule has 22 heavy (non-hydrogen) atoms. The number of nitrogens with zero attached hydrogens (tertiary/aromatic N) is 1. The highest BCUT2D eigenvalue weighted by molar-refractivity contribution is 7.99. The lowest BCUT2D eigenvalue weighted by atomic mass is 9.87. The first-order valence-corrected chi connectivity index (χ1v) is 9.54. The minimum atomic E-state index is -0.314. The molecule has 2 aliphatic rings. The van der Waals surface area contributed by atoms with Crippen molar-refractivity contribution in [1.29, 1.82) is 0 Å². The van der Waals surface area contributed by atoms with Gasteiger partial charge in [0.15, 0.2) is 0 Å². The smallest absolute Gasteiger partial charge is 0.247 e. The van der Waals surface area contributed by atoms with Gasteiger partial charge in [0, 0.05) is 17.9 Å². The summed E-state index contributed by atoms with van der Waals surface area (Å²) >= 11 is 1.66. The van der Waals surface area contributed by atoms with Crippen LogP contribution >= 0.6 is 11.8 Å². The fraction of sp³-hybridized carbons (Fsp3) is 0.765. The lowest BCUT2D eigenvalue weighted by Gasteiger charge is -2.25. The summed E-state index contributed by atoms with van der Waals surface area (Å²) in [5.41, 5.74) is 1.25. The summed E-state index contributed by atoms with van der Waals surface area (Å²) in [5.74, 6) is 2.09. The van der Waals surface area contributed by atoms with E-state index in [1.165, 1.54) is 18.4 Å². The molecule has 0 aromatic heterocycles. The predicted octanol–water partition coefficient (Wildman–Crippen LogP) is 2.94. The number of amides is 2. The molecule has 1 heterocycles. The maximum absolute atomic E-state index is 12.5. The van der Waals surface area contributed by atoms with Crippen LogP contribution in [0.1, 0.15) is 52.9 Å². The molecular weight excluding hydrogens is 296 g/mol. The van der Waals surface area contributed by atoms with Crippen LogP contribution < -0.4 is 5.32 Å². The molecule has 1 N–H and O–H groups in total. The van der Waals surface area contributed by atoms with Gasteiger partial charge in [-0.2, -0.15) is 0 Å². The molecule has 0 bridgehead atoms. The Morgan fingerprint density at radius 1 is 1.41 bits per heavy atom. The maximum Gasteiger partial charge on any atom is 0.247 e. The zero-order chi connectivity index (χ0) is 16.1. The van der Waals surface area contributed by atoms with Crippen LogP contribution in [-0.4, -0.2) is 40.4 Å². The third-order valence-corrected chi connectivity index (χ3v) is 5.73. The molecule has 0 aromatic carbocycles. The van der Waals surface area contributed by atoms with Crippen molar-refractivity contribution in [3.8, 4) is 0 Å². The third-order valence-electron chi connectivity index (χ3n) is 4.71. The van der Waals surface area contributed by atoms with Crippen LogP contribution in [0, 0.1) is 5.92 Å². The maximum atomic E-state index is 12.5. The second kappa shape index (κ2) is 8.04. The molecule has 2 rings (SSSR count). The molecule has 0 spiro atoms. The van der Waals surface area contributed by atoms with Crippen LogP contribution in [0.4, 0.5) is 0 Å². The fourth-order valence-electron chi connectivity index (χ4n) is 2.85. The van der Waals surface area contributed by atoms with E-state index in [4.69, 9.17) is 0 Å². The molecule has 1 aliphatic heterocycles. The van der Waals surface area contributed by atoms with Gasteiger partial charge in [0.2, 0.25) is 11.8 Å². The first-order chi connectivity index (χ1) is 10.5. The van der Waals surface area contributed by atoms with Gasteiger partial charge in [-0.3, -0.25) is 9.59 Å². The van der Waals surface area contributed by atoms with E-state index in [0.29, 0.717) is 11.6 Å². The van der Waals surface area contributed by atoms with E-state index in [0.717, 1.165) is 25.2 Å². The third kappa shape index (κ3) is 4.51. The van der Waals surface area contributed by atoms with Crippen molar-refractivity contribution < 1.29 is 9.59 Å². The van der Waals surface area contributed by atoms with Crippen molar-refractivity contribution in [3.05, 3.63) is 11.6 Å². The molecule has 1 saturated heterocycles. The van der Waals surface area contributed by atoms with Gasteiger partial charge in [-0.25, -0.2) is 0 Å². The number of allylic oxidation sites excluding steroid dienone is 1. The van der Waals surface area contributed by atoms with Crippen LogP contribution in [0.25, 0.3) is 0 Å². The average Bonchev–Trinajstić information content (AvgIpc) is 2.99. The number of hydrogen-bond donors (Lipinski definition) is 1. The minimum absolute atomic E-state index is 0.0108. The van der Waals surface area contributed by atoms with Crippen molar-refractivity contribution in [3.63, 3.8) is 0 Å². The second-order valence-electron chi connectivity index (χ2n) is 6.63. The van der Waals surface area contributed by atoms with Gasteiger partial charge in [-0.1, -0.05) is 19.4 Å². The Morgan fingerprint density at radius 2 is 2.09 bits per heavy atom. The van der Waals surface area contributed by atoms with E-state index in [1.54, 1.807) is 22.7 Å². The zero-order valence-electron chi connectivity index (χ0n) is 13.9. The number of thioether (sulfide) groups is 1. The quantitative estimate of drug-likeness (QED) is 0.809. The van der Waals surface area contributed by atoms with Crippen LogP contribution in [0.15, 0.2) is 11.6 Å². The minimum Gasteiger partial charge on any atom is -0.352 e. The molecular formula is C17H28N2O2S. The van der Waals surface area contributed by atoms with Crippen molar-refractivity contribution in [2.75, 3.05) is 11.6 Å². The number of rotatable bonds is 4. The molecule has 0 radical (unpaired) electrons. The summed E-state index contributed by atoms with van der Waals surface area (Å²) in [7, 11) is 0. The Hall–Kier alpha value is -0.970. The van der Waals surface area contributed by atoms with Gasteiger partial charge in [-0.05, 0) is 44.9 Å². The molecule has 2 atom stereocenters. The van der Waals surface area contributed by atoms with Gasteiger partial charge in [0.1, 0.15) is 6.04 Å². The summed E-state index contributed by atoms with van der Waals surface area (Å²) in [5, 5.41) is 3.00. The average molecular weight is 324 g/mol. The lowest BCUT2D eigenvalue weighted by molar-refractivity contribution is -0.135. The van der Waals surface area contributed by atoms with Gasteiger partial charge in [0.25, 0.3) is 0 Å². The number of nitrogens with one attached hydrogen (secondary N) is 1. The van der Waals surface area contributed by atoms with Crippen molar-refractivity contribution >= 4 is 23.6 Å². The highest BCUT2D eigenvalue weighted by atomic mass is 32.2. The summed E-state index contributed by atoms with van der Waals surface area (Å²) < 4.78 is 0. The van der Waals surface area contributed by atoms with Gasteiger partial charge >= 0.3 is 0 Å². The van der Waals surface area contributed by atoms with Crippen LogP contribution in [0.2, 0.25) is 0 Å². The van der Waals surface area contributed by atoms with E-state index in [2.05, 4.69) is 12.2 Å². The molecule has 2 amide bonds. The van der Waals surface area contributed by atoms with E-state index in [1.807, 2.05) is 13.8 Å². The largest absolute Gasteiger partial charge is 0.352 e. The predicted molar refractivity (Wildman–Crippen MR) is 91.6 cm³/mol. The van der Waals surface area contributed by atoms with Crippen LogP contribution in [0.3, 0.4) is 0 Å². The first kappa shape index (κ1) is 17.4. The summed E-state index contributed by atoms with van der Waals surface area (Å²) in [6, 6.07) is -0.154. The topological polar surface area (TPSA) is 49.4 Å². The number of hydrogen-bond acceptors (Lipinski definition) is 3. The van der Waals surface area contributed by atoms with Crippen LogP contribution in [0.5, 0.6) is 0 Å². The number of carbonyl (C=O) groups is 2. The molecule has 2 fully saturated rings. The van der Waals surface area contributed by atoms with Gasteiger partial charge in [-0.15, -0.1) is 11.8 Å². The van der Waals surface area contributed by atoms with Crippen LogP contribution in [-0.2, 0) is 9.59 Å². The van der Waals surface area contributed by atoms with Crippen molar-refractivity contribution in [2.24, 2.45) is 5.92 Å². The molecule has 124 valence electrons. The van der Waals surface area contributed by atoms with E-state index in [9.17, 15) is 9.59 Å². The molecule has 1 saturated carbocycles. The second-order valence-corrected chi connectivity index (χ2v) is 7.63. The van der Waals surface area contributed by atoms with Gasteiger partial charge < -0.3 is 10.2 Å². The zero-order valence-corrected chi connectivity index (χ0v) is 14.7.